The SMILES string of the molecule is C=C(C)C(F)(C(F)C(F)(C(F)(F)F)C(F)(F)F)C(F)(F)F. The van der Waals surface area contributed by atoms with Gasteiger partial charge in [-0.3, -0.25) is 0 Å². The molecular weight excluding hydrogens is 336 g/mol. The highest BCUT2D eigenvalue weighted by Gasteiger charge is 2.84. The summed E-state index contributed by atoms with van der Waals surface area (Å²) >= 11 is 0. The molecule has 0 nitrogen and oxygen atoms in total. The average Bonchev–Trinajstić information content (AvgIpc) is 2.20. The summed E-state index contributed by atoms with van der Waals surface area (Å²) in [4.78, 5) is 0. The van der Waals surface area contributed by atoms with Crippen LogP contribution in [-0.4, -0.2) is 36.0 Å². The van der Waals surface area contributed by atoms with Crippen molar-refractivity contribution in [3.8, 4) is 0 Å². The molecule has 0 spiro atoms. The second kappa shape index (κ2) is 4.97. The Hall–Kier alpha value is -1.10. The van der Waals surface area contributed by atoms with Crippen molar-refractivity contribution in [3.05, 3.63) is 12.2 Å². The summed E-state index contributed by atoms with van der Waals surface area (Å²) in [5.41, 5.74) is -15.0. The molecule has 0 radical (unpaired) electrons. The molecule has 0 aromatic heterocycles. The molecule has 12 heteroatoms. The Kier molecular flexibility index (Phi) is 4.71. The van der Waals surface area contributed by atoms with Gasteiger partial charge in [0.1, 0.15) is 0 Å². The first kappa shape index (κ1) is 19.9. The third kappa shape index (κ3) is 2.80. The second-order valence-corrected chi connectivity index (χ2v) is 4.06. The monoisotopic (exact) mass is 342 g/mol. The van der Waals surface area contributed by atoms with Crippen molar-refractivity contribution >= 4 is 0 Å². The maximum Gasteiger partial charge on any atom is 0.434 e. The molecule has 0 bridgehead atoms. The lowest BCUT2D eigenvalue weighted by Crippen LogP contribution is -2.68. The van der Waals surface area contributed by atoms with Crippen LogP contribution in [0.1, 0.15) is 6.92 Å². The van der Waals surface area contributed by atoms with E-state index in [2.05, 4.69) is 6.58 Å². The zero-order valence-electron chi connectivity index (χ0n) is 9.82. The molecule has 0 aliphatic rings. The third-order valence-electron chi connectivity index (χ3n) is 2.56. The molecule has 0 N–H and O–H groups in total. The number of rotatable bonds is 3. The third-order valence-corrected chi connectivity index (χ3v) is 2.56. The summed E-state index contributed by atoms with van der Waals surface area (Å²) in [6.07, 6.45) is -26.6. The molecule has 0 fully saturated rings. The van der Waals surface area contributed by atoms with E-state index in [4.69, 9.17) is 0 Å². The van der Waals surface area contributed by atoms with Crippen molar-refractivity contribution < 1.29 is 52.7 Å². The molecule has 0 aromatic rings. The van der Waals surface area contributed by atoms with E-state index >= 15 is 0 Å². The Bertz CT molecular complexity index is 384. The first-order chi connectivity index (χ1) is 8.85. The van der Waals surface area contributed by atoms with E-state index in [1.165, 1.54) is 0 Å². The van der Waals surface area contributed by atoms with Crippen molar-refractivity contribution in [2.45, 2.75) is 43.0 Å². The first-order valence-corrected chi connectivity index (χ1v) is 4.73. The van der Waals surface area contributed by atoms with Gasteiger partial charge in [-0.15, -0.1) is 0 Å². The van der Waals surface area contributed by atoms with E-state index < -0.39 is 41.6 Å². The second-order valence-electron chi connectivity index (χ2n) is 4.06. The van der Waals surface area contributed by atoms with Crippen LogP contribution in [0.4, 0.5) is 52.7 Å². The van der Waals surface area contributed by atoms with Gasteiger partial charge in [-0.25, -0.2) is 13.2 Å². The summed E-state index contributed by atoms with van der Waals surface area (Å²) in [5.74, 6) is 0. The van der Waals surface area contributed by atoms with E-state index in [0.29, 0.717) is 0 Å². The minimum Gasteiger partial charge on any atom is -0.239 e. The predicted molar refractivity (Wildman–Crippen MR) is 45.6 cm³/mol. The van der Waals surface area contributed by atoms with Crippen molar-refractivity contribution in [1.82, 2.24) is 0 Å². The molecule has 0 rings (SSSR count). The van der Waals surface area contributed by atoms with Gasteiger partial charge in [0.05, 0.1) is 0 Å². The van der Waals surface area contributed by atoms with Gasteiger partial charge < -0.3 is 0 Å². The Morgan fingerprint density at radius 3 is 1.14 bits per heavy atom. The molecular formula is C9H6F12. The lowest BCUT2D eigenvalue weighted by molar-refractivity contribution is -0.378. The van der Waals surface area contributed by atoms with Gasteiger partial charge in [-0.1, -0.05) is 6.58 Å². The van der Waals surface area contributed by atoms with Crippen LogP contribution in [0.2, 0.25) is 0 Å². The summed E-state index contributed by atoms with van der Waals surface area (Å²) < 4.78 is 150. The fourth-order valence-electron chi connectivity index (χ4n) is 1.32. The Balaban J connectivity index is 6.39. The molecule has 2 atom stereocenters. The molecule has 0 heterocycles. The van der Waals surface area contributed by atoms with Crippen molar-refractivity contribution in [3.63, 3.8) is 0 Å². The highest BCUT2D eigenvalue weighted by molar-refractivity contribution is 5.23. The van der Waals surface area contributed by atoms with Crippen LogP contribution in [0, 0.1) is 0 Å². The van der Waals surface area contributed by atoms with Crippen LogP contribution in [0.5, 0.6) is 0 Å². The smallest absolute Gasteiger partial charge is 0.239 e. The maximum absolute atomic E-state index is 13.5. The van der Waals surface area contributed by atoms with Crippen LogP contribution in [0.15, 0.2) is 12.2 Å². The van der Waals surface area contributed by atoms with Crippen LogP contribution in [-0.2, 0) is 0 Å². The molecule has 0 aliphatic heterocycles. The van der Waals surface area contributed by atoms with Crippen LogP contribution in [0.25, 0.3) is 0 Å². The minimum absolute atomic E-state index is 0.0206. The van der Waals surface area contributed by atoms with Crippen LogP contribution < -0.4 is 0 Å². The summed E-state index contributed by atoms with van der Waals surface area (Å²) in [7, 11) is 0. The number of halogens is 12. The highest BCUT2D eigenvalue weighted by atomic mass is 19.4. The van der Waals surface area contributed by atoms with E-state index in [9.17, 15) is 52.7 Å². The Morgan fingerprint density at radius 1 is 0.714 bits per heavy atom. The summed E-state index contributed by atoms with van der Waals surface area (Å²) in [6, 6.07) is 0. The molecule has 2 unspecified atom stereocenters. The molecule has 0 aromatic carbocycles. The number of hydrogen-bond acceptors (Lipinski definition) is 0. The van der Waals surface area contributed by atoms with Gasteiger partial charge in [0.25, 0.3) is 5.67 Å². The van der Waals surface area contributed by atoms with Crippen molar-refractivity contribution in [2.24, 2.45) is 0 Å². The van der Waals surface area contributed by atoms with E-state index in [0.717, 1.165) is 0 Å². The number of hydrogen-bond donors (Lipinski definition) is 0. The Labute approximate surface area is 109 Å². The van der Waals surface area contributed by atoms with E-state index in [1.54, 1.807) is 0 Å². The van der Waals surface area contributed by atoms with Gasteiger partial charge in [-0.2, -0.15) is 39.5 Å². The molecule has 21 heavy (non-hydrogen) atoms. The average molecular weight is 342 g/mol. The van der Waals surface area contributed by atoms with E-state index in [1.807, 2.05) is 0 Å². The number of allylic oxidation sites excluding steroid dienone is 1. The minimum atomic E-state index is -7.18. The maximum atomic E-state index is 13.5. The lowest BCUT2D eigenvalue weighted by Gasteiger charge is -2.40. The van der Waals surface area contributed by atoms with Crippen LogP contribution in [0.3, 0.4) is 0 Å². The predicted octanol–water partition coefficient (Wildman–Crippen LogP) is 5.00. The topological polar surface area (TPSA) is 0 Å². The highest BCUT2D eigenvalue weighted by Crippen LogP contribution is 2.56. The van der Waals surface area contributed by atoms with Gasteiger partial charge in [0, 0.05) is 0 Å². The summed E-state index contributed by atoms with van der Waals surface area (Å²) in [6.45, 7) is 2.14. The van der Waals surface area contributed by atoms with Crippen LogP contribution >= 0.6 is 0 Å². The fourth-order valence-corrected chi connectivity index (χ4v) is 1.32. The Morgan fingerprint density at radius 2 is 1.00 bits per heavy atom. The standard InChI is InChI=1S/C9H6F12/c1-3(2)5(11,7(13,14)15)4(10)6(12,8(16,17)18)9(19,20)21/h4H,1H2,2H3. The largest absolute Gasteiger partial charge is 0.434 e. The quantitative estimate of drug-likeness (QED) is 0.500. The molecule has 0 aliphatic carbocycles. The van der Waals surface area contributed by atoms with Gasteiger partial charge in [-0.05, 0) is 12.5 Å². The zero-order valence-corrected chi connectivity index (χ0v) is 9.82. The van der Waals surface area contributed by atoms with Gasteiger partial charge >= 0.3 is 24.2 Å². The fraction of sp³-hybridized carbons (Fsp3) is 0.778. The molecule has 126 valence electrons. The lowest BCUT2D eigenvalue weighted by atomic mass is 9.81. The molecule has 0 saturated carbocycles. The van der Waals surface area contributed by atoms with Crippen molar-refractivity contribution in [1.29, 1.82) is 0 Å². The summed E-state index contributed by atoms with van der Waals surface area (Å²) in [5, 5.41) is 0. The molecule has 0 saturated heterocycles. The molecule has 0 amide bonds. The number of alkyl halides is 12. The van der Waals surface area contributed by atoms with Crippen molar-refractivity contribution in [2.75, 3.05) is 0 Å². The first-order valence-electron chi connectivity index (χ1n) is 4.73. The van der Waals surface area contributed by atoms with Gasteiger partial charge in [0.2, 0.25) is 0 Å². The normalized spacial score (nSPS) is 19.1. The van der Waals surface area contributed by atoms with E-state index in [-0.39, 0.29) is 6.92 Å². The zero-order chi connectivity index (χ0) is 17.7. The van der Waals surface area contributed by atoms with Gasteiger partial charge in [0.15, 0.2) is 6.17 Å².